The van der Waals surface area contributed by atoms with Gasteiger partial charge in [-0.25, -0.2) is 4.39 Å². The highest BCUT2D eigenvalue weighted by molar-refractivity contribution is 6.08. The number of furan rings is 1. The van der Waals surface area contributed by atoms with Gasteiger partial charge in [0, 0.05) is 10.9 Å². The van der Waals surface area contributed by atoms with E-state index in [4.69, 9.17) is 9.15 Å². The van der Waals surface area contributed by atoms with E-state index >= 15 is 0 Å². The van der Waals surface area contributed by atoms with E-state index in [0.29, 0.717) is 18.9 Å². The molecule has 1 N–H and O–H groups in total. The minimum Gasteiger partial charge on any atom is -0.492 e. The molecule has 0 bridgehead atoms. The van der Waals surface area contributed by atoms with E-state index in [9.17, 15) is 9.18 Å². The monoisotopic (exact) mass is 363 g/mol. The molecule has 0 spiro atoms. The second-order valence-electron chi connectivity index (χ2n) is 6.25. The number of nitrogens with one attached hydrogen (secondary N) is 1. The zero-order valence-electron chi connectivity index (χ0n) is 14.6. The van der Waals surface area contributed by atoms with Crippen molar-refractivity contribution in [3.63, 3.8) is 0 Å². The van der Waals surface area contributed by atoms with Gasteiger partial charge in [0.05, 0.1) is 19.2 Å². The van der Waals surface area contributed by atoms with Gasteiger partial charge in [-0.15, -0.1) is 0 Å². The average molecular weight is 363 g/mol. The third kappa shape index (κ3) is 3.77. The van der Waals surface area contributed by atoms with Crippen LogP contribution in [0.2, 0.25) is 0 Å². The number of benzene rings is 3. The molecule has 1 heterocycles. The summed E-state index contributed by atoms with van der Waals surface area (Å²) >= 11 is 0. The molecule has 0 unspecified atom stereocenters. The van der Waals surface area contributed by atoms with Crippen molar-refractivity contribution in [3.8, 4) is 5.75 Å². The predicted molar refractivity (Wildman–Crippen MR) is 102 cm³/mol. The van der Waals surface area contributed by atoms with Crippen LogP contribution in [0, 0.1) is 5.82 Å². The Morgan fingerprint density at radius 1 is 1.04 bits per heavy atom. The van der Waals surface area contributed by atoms with Crippen LogP contribution in [0.15, 0.2) is 71.3 Å². The first-order chi connectivity index (χ1) is 13.2. The Hall–Kier alpha value is -3.34. The molecule has 3 aromatic carbocycles. The summed E-state index contributed by atoms with van der Waals surface area (Å²) in [5, 5.41) is 6.00. The first-order valence-corrected chi connectivity index (χ1v) is 8.73. The van der Waals surface area contributed by atoms with Crippen LogP contribution in [0.5, 0.6) is 5.75 Å². The van der Waals surface area contributed by atoms with Crippen molar-refractivity contribution in [2.24, 2.45) is 0 Å². The fourth-order valence-electron chi connectivity index (χ4n) is 3.13. The largest absolute Gasteiger partial charge is 0.492 e. The minimum atomic E-state index is -0.310. The Morgan fingerprint density at radius 3 is 2.70 bits per heavy atom. The van der Waals surface area contributed by atoms with E-state index in [1.165, 1.54) is 12.1 Å². The van der Waals surface area contributed by atoms with E-state index in [1.54, 1.807) is 18.4 Å². The Labute approximate surface area is 155 Å². The van der Waals surface area contributed by atoms with Gasteiger partial charge in [0.25, 0.3) is 0 Å². The molecule has 0 saturated heterocycles. The van der Waals surface area contributed by atoms with Crippen molar-refractivity contribution in [3.05, 3.63) is 78.3 Å². The Balaban J connectivity index is 1.38. The summed E-state index contributed by atoms with van der Waals surface area (Å²) in [6.45, 7) is 0.680. The zero-order valence-corrected chi connectivity index (χ0v) is 14.6. The van der Waals surface area contributed by atoms with Crippen LogP contribution in [0.3, 0.4) is 0 Å². The first kappa shape index (κ1) is 17.1. The number of carbonyl (C=O) groups excluding carboxylic acids is 1. The van der Waals surface area contributed by atoms with Crippen LogP contribution in [-0.2, 0) is 11.2 Å². The molecule has 0 radical (unpaired) electrons. The molecule has 4 rings (SSSR count). The summed E-state index contributed by atoms with van der Waals surface area (Å²) in [5.41, 5.74) is 1.63. The summed E-state index contributed by atoms with van der Waals surface area (Å²) in [7, 11) is 0. The van der Waals surface area contributed by atoms with Crippen molar-refractivity contribution in [2.75, 3.05) is 13.2 Å². The minimum absolute atomic E-state index is 0.103. The molecule has 5 heteroatoms. The number of rotatable bonds is 6. The number of halogens is 1. The maximum Gasteiger partial charge on any atom is 0.224 e. The lowest BCUT2D eigenvalue weighted by molar-refractivity contribution is -0.120. The summed E-state index contributed by atoms with van der Waals surface area (Å²) in [6.07, 6.45) is 1.88. The average Bonchev–Trinajstić information content (AvgIpc) is 3.10. The van der Waals surface area contributed by atoms with Crippen molar-refractivity contribution in [1.82, 2.24) is 5.32 Å². The number of amides is 1. The molecule has 0 aliphatic carbocycles. The summed E-state index contributed by atoms with van der Waals surface area (Å²) < 4.78 is 23.9. The maximum atomic E-state index is 12.8. The first-order valence-electron chi connectivity index (χ1n) is 8.73. The lowest BCUT2D eigenvalue weighted by Gasteiger charge is -2.08. The van der Waals surface area contributed by atoms with Crippen molar-refractivity contribution >= 4 is 27.6 Å². The van der Waals surface area contributed by atoms with Crippen LogP contribution in [0.1, 0.15) is 5.56 Å². The number of ether oxygens (including phenoxy) is 1. The van der Waals surface area contributed by atoms with Crippen LogP contribution in [0.4, 0.5) is 4.39 Å². The third-order valence-corrected chi connectivity index (χ3v) is 4.40. The van der Waals surface area contributed by atoms with E-state index in [-0.39, 0.29) is 18.1 Å². The molecule has 27 heavy (non-hydrogen) atoms. The van der Waals surface area contributed by atoms with Crippen LogP contribution in [0.25, 0.3) is 21.7 Å². The molecule has 0 aliphatic rings. The Kier molecular flexibility index (Phi) is 4.75. The van der Waals surface area contributed by atoms with E-state index < -0.39 is 0 Å². The van der Waals surface area contributed by atoms with Crippen LogP contribution >= 0.6 is 0 Å². The lowest BCUT2D eigenvalue weighted by atomic mass is 10.0. The molecule has 1 aromatic heterocycles. The van der Waals surface area contributed by atoms with Gasteiger partial charge in [0.2, 0.25) is 5.91 Å². The quantitative estimate of drug-likeness (QED) is 0.515. The zero-order chi connectivity index (χ0) is 18.6. The molecule has 136 valence electrons. The molecule has 0 atom stereocenters. The standard InChI is InChI=1S/C22H18FNO3/c23-17-6-8-18(9-7-17)26-12-11-24-21(25)13-16-14-27-20-10-5-15-3-1-2-4-19(15)22(16)20/h1-10,14H,11-13H2,(H,24,25). The van der Waals surface area contributed by atoms with Crippen molar-refractivity contribution in [2.45, 2.75) is 6.42 Å². The molecular formula is C22H18FNO3. The van der Waals surface area contributed by atoms with Crippen molar-refractivity contribution in [1.29, 1.82) is 0 Å². The summed E-state index contributed by atoms with van der Waals surface area (Å²) in [5.74, 6) is 0.154. The van der Waals surface area contributed by atoms with Gasteiger partial charge >= 0.3 is 0 Å². The van der Waals surface area contributed by atoms with E-state index in [2.05, 4.69) is 5.32 Å². The number of hydrogen-bond donors (Lipinski definition) is 1. The van der Waals surface area contributed by atoms with Gasteiger partial charge in [0.15, 0.2) is 0 Å². The highest BCUT2D eigenvalue weighted by Gasteiger charge is 2.13. The normalized spacial score (nSPS) is 11.0. The Bertz CT molecular complexity index is 1090. The van der Waals surface area contributed by atoms with Gasteiger partial charge in [-0.05, 0) is 41.1 Å². The van der Waals surface area contributed by atoms with Gasteiger partial charge in [-0.3, -0.25) is 4.79 Å². The lowest BCUT2D eigenvalue weighted by Crippen LogP contribution is -2.29. The fourth-order valence-corrected chi connectivity index (χ4v) is 3.13. The maximum absolute atomic E-state index is 12.8. The van der Waals surface area contributed by atoms with Gasteiger partial charge in [-0.2, -0.15) is 0 Å². The smallest absolute Gasteiger partial charge is 0.224 e. The molecule has 0 aliphatic heterocycles. The highest BCUT2D eigenvalue weighted by atomic mass is 19.1. The number of hydrogen-bond acceptors (Lipinski definition) is 3. The Morgan fingerprint density at radius 2 is 1.85 bits per heavy atom. The van der Waals surface area contributed by atoms with Crippen molar-refractivity contribution < 1.29 is 18.3 Å². The van der Waals surface area contributed by atoms with E-state index in [0.717, 1.165) is 27.3 Å². The van der Waals surface area contributed by atoms with Gasteiger partial charge in [0.1, 0.15) is 23.8 Å². The number of fused-ring (bicyclic) bond motifs is 3. The summed E-state index contributed by atoms with van der Waals surface area (Å²) in [4.78, 5) is 12.3. The molecule has 4 aromatic rings. The number of carbonyl (C=O) groups is 1. The third-order valence-electron chi connectivity index (χ3n) is 4.40. The fraction of sp³-hybridized carbons (Fsp3) is 0.136. The second kappa shape index (κ2) is 7.50. The topological polar surface area (TPSA) is 51.5 Å². The van der Waals surface area contributed by atoms with E-state index in [1.807, 2.05) is 36.4 Å². The van der Waals surface area contributed by atoms with Gasteiger partial charge in [-0.1, -0.05) is 30.3 Å². The molecule has 1 amide bonds. The predicted octanol–water partition coefficient (Wildman–Crippen LogP) is 4.46. The van der Waals surface area contributed by atoms with Crippen LogP contribution < -0.4 is 10.1 Å². The second-order valence-corrected chi connectivity index (χ2v) is 6.25. The molecular weight excluding hydrogens is 345 g/mol. The highest BCUT2D eigenvalue weighted by Crippen LogP contribution is 2.30. The molecule has 4 nitrogen and oxygen atoms in total. The summed E-state index contributed by atoms with van der Waals surface area (Å²) in [6, 6.07) is 17.8. The van der Waals surface area contributed by atoms with Crippen LogP contribution in [-0.4, -0.2) is 19.1 Å². The SMILES string of the molecule is O=C(Cc1coc2ccc3ccccc3c12)NCCOc1ccc(F)cc1. The van der Waals surface area contributed by atoms with Gasteiger partial charge < -0.3 is 14.5 Å². The molecule has 0 fully saturated rings. The molecule has 0 saturated carbocycles.